The summed E-state index contributed by atoms with van der Waals surface area (Å²) in [6.45, 7) is 0. The number of halogens is 4. The standard InChI is InChI=1S/C17H14F3IN2O2/c18-17(19,20)12-6-3-5-11(8-12)16(25)23-14(15(22)24)9-10-4-1-2-7-13(10)21/h1-8,14H,9H2,(H2,22,24)(H,23,25)/t14-/m1/s1. The maximum Gasteiger partial charge on any atom is 0.416 e. The van der Waals surface area contributed by atoms with Gasteiger partial charge in [0.15, 0.2) is 0 Å². The molecule has 0 aliphatic rings. The van der Waals surface area contributed by atoms with Gasteiger partial charge in [-0.1, -0.05) is 24.3 Å². The Hall–Kier alpha value is -2.10. The van der Waals surface area contributed by atoms with Crippen LogP contribution in [0, 0.1) is 3.57 Å². The van der Waals surface area contributed by atoms with Crippen molar-refractivity contribution in [3.05, 3.63) is 68.8 Å². The van der Waals surface area contributed by atoms with Crippen LogP contribution in [0.1, 0.15) is 21.5 Å². The molecule has 0 aromatic heterocycles. The molecule has 25 heavy (non-hydrogen) atoms. The first-order valence-corrected chi connectivity index (χ1v) is 8.27. The van der Waals surface area contributed by atoms with Crippen molar-refractivity contribution in [3.8, 4) is 0 Å². The highest BCUT2D eigenvalue weighted by molar-refractivity contribution is 14.1. The van der Waals surface area contributed by atoms with Gasteiger partial charge in [0.2, 0.25) is 5.91 Å². The van der Waals surface area contributed by atoms with Gasteiger partial charge in [-0.3, -0.25) is 9.59 Å². The van der Waals surface area contributed by atoms with Crippen molar-refractivity contribution >= 4 is 34.4 Å². The van der Waals surface area contributed by atoms with Gasteiger partial charge in [-0.2, -0.15) is 13.2 Å². The zero-order valence-corrected chi connectivity index (χ0v) is 15.0. The molecule has 0 spiro atoms. The van der Waals surface area contributed by atoms with Crippen molar-refractivity contribution in [1.29, 1.82) is 0 Å². The van der Waals surface area contributed by atoms with E-state index in [1.165, 1.54) is 6.07 Å². The predicted molar refractivity (Wildman–Crippen MR) is 94.8 cm³/mol. The number of nitrogens with two attached hydrogens (primary N) is 1. The number of carbonyl (C=O) groups is 2. The third-order valence-electron chi connectivity index (χ3n) is 3.48. The van der Waals surface area contributed by atoms with Crippen molar-refractivity contribution in [2.45, 2.75) is 18.6 Å². The summed E-state index contributed by atoms with van der Waals surface area (Å²) in [5.41, 5.74) is 5.00. The van der Waals surface area contributed by atoms with Crippen molar-refractivity contribution in [3.63, 3.8) is 0 Å². The summed E-state index contributed by atoms with van der Waals surface area (Å²) in [5, 5.41) is 2.40. The van der Waals surface area contributed by atoms with Crippen LogP contribution in [0.4, 0.5) is 13.2 Å². The number of rotatable bonds is 5. The number of alkyl halides is 3. The number of carbonyl (C=O) groups excluding carboxylic acids is 2. The quantitative estimate of drug-likeness (QED) is 0.671. The lowest BCUT2D eigenvalue weighted by atomic mass is 10.0. The molecule has 2 amide bonds. The average molecular weight is 462 g/mol. The molecule has 0 saturated heterocycles. The number of primary amides is 1. The smallest absolute Gasteiger partial charge is 0.368 e. The van der Waals surface area contributed by atoms with Crippen LogP contribution in [0.2, 0.25) is 0 Å². The van der Waals surface area contributed by atoms with Crippen molar-refractivity contribution in [2.75, 3.05) is 0 Å². The van der Waals surface area contributed by atoms with Gasteiger partial charge in [-0.15, -0.1) is 0 Å². The molecule has 0 heterocycles. The van der Waals surface area contributed by atoms with E-state index in [4.69, 9.17) is 5.73 Å². The third kappa shape index (κ3) is 5.18. The molecule has 2 rings (SSSR count). The minimum absolute atomic E-state index is 0.152. The lowest BCUT2D eigenvalue weighted by Crippen LogP contribution is -2.46. The van der Waals surface area contributed by atoms with Crippen LogP contribution < -0.4 is 11.1 Å². The first-order valence-electron chi connectivity index (χ1n) is 7.19. The van der Waals surface area contributed by atoms with E-state index >= 15 is 0 Å². The fourth-order valence-corrected chi connectivity index (χ4v) is 2.79. The van der Waals surface area contributed by atoms with E-state index in [-0.39, 0.29) is 12.0 Å². The van der Waals surface area contributed by atoms with Crippen LogP contribution in [0.3, 0.4) is 0 Å². The van der Waals surface area contributed by atoms with Gasteiger partial charge in [0.25, 0.3) is 5.91 Å². The molecule has 2 aromatic carbocycles. The molecule has 0 bridgehead atoms. The molecule has 0 aliphatic carbocycles. The predicted octanol–water partition coefficient (Wildman–Crippen LogP) is 3.14. The number of nitrogens with one attached hydrogen (secondary N) is 1. The Bertz CT molecular complexity index is 793. The van der Waals surface area contributed by atoms with Crippen LogP contribution in [0.25, 0.3) is 0 Å². The first-order chi connectivity index (χ1) is 11.7. The fourth-order valence-electron chi connectivity index (χ4n) is 2.18. The SMILES string of the molecule is NC(=O)[C@@H](Cc1ccccc1I)NC(=O)c1cccc(C(F)(F)F)c1. The first kappa shape index (κ1) is 19.2. The molecular weight excluding hydrogens is 448 g/mol. The normalized spacial score (nSPS) is 12.5. The summed E-state index contributed by atoms with van der Waals surface area (Å²) in [5.74, 6) is -1.55. The van der Waals surface area contributed by atoms with Gasteiger partial charge in [-0.05, 0) is 52.4 Å². The zero-order chi connectivity index (χ0) is 18.6. The van der Waals surface area contributed by atoms with Crippen LogP contribution in [0.15, 0.2) is 48.5 Å². The molecule has 2 aromatic rings. The molecular formula is C17H14F3IN2O2. The Labute approximate surface area is 155 Å². The van der Waals surface area contributed by atoms with Crippen molar-refractivity contribution in [2.24, 2.45) is 5.73 Å². The van der Waals surface area contributed by atoms with E-state index < -0.39 is 29.6 Å². The lowest BCUT2D eigenvalue weighted by molar-refractivity contribution is -0.137. The number of amides is 2. The second-order valence-electron chi connectivity index (χ2n) is 5.30. The Morgan fingerprint density at radius 2 is 1.80 bits per heavy atom. The van der Waals surface area contributed by atoms with Gasteiger partial charge >= 0.3 is 6.18 Å². The minimum Gasteiger partial charge on any atom is -0.368 e. The van der Waals surface area contributed by atoms with E-state index in [0.717, 1.165) is 27.3 Å². The summed E-state index contributed by atoms with van der Waals surface area (Å²) in [7, 11) is 0. The maximum atomic E-state index is 12.7. The number of hydrogen-bond donors (Lipinski definition) is 2. The number of hydrogen-bond acceptors (Lipinski definition) is 2. The molecule has 0 saturated carbocycles. The van der Waals surface area contributed by atoms with Gasteiger partial charge in [0.05, 0.1) is 5.56 Å². The monoisotopic (exact) mass is 462 g/mol. The number of benzene rings is 2. The van der Waals surface area contributed by atoms with Gasteiger partial charge in [0.1, 0.15) is 6.04 Å². The van der Waals surface area contributed by atoms with Gasteiger partial charge in [-0.25, -0.2) is 0 Å². The molecule has 3 N–H and O–H groups in total. The Balaban J connectivity index is 2.18. The second-order valence-corrected chi connectivity index (χ2v) is 6.46. The molecule has 0 fully saturated rings. The summed E-state index contributed by atoms with van der Waals surface area (Å²) < 4.78 is 39.1. The van der Waals surface area contributed by atoms with Crippen LogP contribution >= 0.6 is 22.6 Å². The van der Waals surface area contributed by atoms with E-state index in [1.54, 1.807) is 12.1 Å². The highest BCUT2D eigenvalue weighted by Crippen LogP contribution is 2.29. The van der Waals surface area contributed by atoms with Crippen LogP contribution in [-0.4, -0.2) is 17.9 Å². The summed E-state index contributed by atoms with van der Waals surface area (Å²) in [6, 6.07) is 10.2. The topological polar surface area (TPSA) is 72.2 Å². The van der Waals surface area contributed by atoms with Gasteiger partial charge in [0, 0.05) is 15.6 Å². The highest BCUT2D eigenvalue weighted by Gasteiger charge is 2.31. The molecule has 4 nitrogen and oxygen atoms in total. The molecule has 0 unspecified atom stereocenters. The Morgan fingerprint density at radius 3 is 2.40 bits per heavy atom. The second kappa shape index (κ2) is 7.85. The molecule has 8 heteroatoms. The summed E-state index contributed by atoms with van der Waals surface area (Å²) in [4.78, 5) is 23.9. The molecule has 0 radical (unpaired) electrons. The minimum atomic E-state index is -4.56. The summed E-state index contributed by atoms with van der Waals surface area (Å²) >= 11 is 2.09. The Morgan fingerprint density at radius 1 is 1.12 bits per heavy atom. The summed E-state index contributed by atoms with van der Waals surface area (Å²) in [6.07, 6.45) is -4.40. The average Bonchev–Trinajstić information content (AvgIpc) is 2.55. The van der Waals surface area contributed by atoms with Crippen LogP contribution in [-0.2, 0) is 17.4 Å². The highest BCUT2D eigenvalue weighted by atomic mass is 127. The largest absolute Gasteiger partial charge is 0.416 e. The van der Waals surface area contributed by atoms with Crippen LogP contribution in [0.5, 0.6) is 0 Å². The molecule has 1 atom stereocenters. The Kier molecular flexibility index (Phi) is 6.04. The fraction of sp³-hybridized carbons (Fsp3) is 0.176. The molecule has 132 valence electrons. The van der Waals surface area contributed by atoms with Crippen molar-refractivity contribution in [1.82, 2.24) is 5.32 Å². The van der Waals surface area contributed by atoms with E-state index in [9.17, 15) is 22.8 Å². The maximum absolute atomic E-state index is 12.7. The van der Waals surface area contributed by atoms with Gasteiger partial charge < -0.3 is 11.1 Å². The lowest BCUT2D eigenvalue weighted by Gasteiger charge is -2.17. The van der Waals surface area contributed by atoms with E-state index in [0.29, 0.717) is 0 Å². The van der Waals surface area contributed by atoms with E-state index in [2.05, 4.69) is 27.9 Å². The third-order valence-corrected chi connectivity index (χ3v) is 4.54. The van der Waals surface area contributed by atoms with Crippen molar-refractivity contribution < 1.29 is 22.8 Å². The van der Waals surface area contributed by atoms with E-state index in [1.807, 2.05) is 12.1 Å². The molecule has 0 aliphatic heterocycles. The zero-order valence-electron chi connectivity index (χ0n) is 12.8.